The summed E-state index contributed by atoms with van der Waals surface area (Å²) in [5.41, 5.74) is 1.76. The Hall–Kier alpha value is -2.71. The van der Waals surface area contributed by atoms with Crippen molar-refractivity contribution in [2.45, 2.75) is 31.4 Å². The molecule has 0 saturated heterocycles. The fourth-order valence-electron chi connectivity index (χ4n) is 2.92. The first kappa shape index (κ1) is 17.1. The van der Waals surface area contributed by atoms with Gasteiger partial charge in [-0.2, -0.15) is 18.3 Å². The smallest absolute Gasteiger partial charge is 0.422 e. The summed E-state index contributed by atoms with van der Waals surface area (Å²) in [4.78, 5) is 12.6. The Balaban J connectivity index is 1.73. The van der Waals surface area contributed by atoms with E-state index < -0.39 is 18.7 Å². The third kappa shape index (κ3) is 4.04. The van der Waals surface area contributed by atoms with Crippen LogP contribution in [0.5, 0.6) is 11.6 Å². The average molecular weight is 355 g/mol. The second kappa shape index (κ2) is 6.66. The number of hydrogen-bond acceptors (Lipinski definition) is 4. The van der Waals surface area contributed by atoms with Crippen molar-refractivity contribution in [2.75, 3.05) is 11.9 Å². The fraction of sp³-hybridized carbons (Fsp3) is 0.375. The summed E-state index contributed by atoms with van der Waals surface area (Å²) in [5.74, 6) is -0.912. The summed E-state index contributed by atoms with van der Waals surface area (Å²) in [6.45, 7) is -1.48. The minimum atomic E-state index is -4.49. The van der Waals surface area contributed by atoms with Crippen LogP contribution in [0.4, 0.5) is 18.9 Å². The number of H-pyrrole nitrogens is 1. The molecule has 1 aliphatic rings. The number of aromatic amines is 1. The minimum absolute atomic E-state index is 0.0557. The van der Waals surface area contributed by atoms with E-state index in [0.29, 0.717) is 6.42 Å². The number of anilines is 1. The monoisotopic (exact) mass is 355 g/mol. The van der Waals surface area contributed by atoms with Gasteiger partial charge in [-0.3, -0.25) is 4.79 Å². The predicted octanol–water partition coefficient (Wildman–Crippen LogP) is 3.12. The van der Waals surface area contributed by atoms with Crippen LogP contribution < -0.4 is 10.1 Å². The first-order valence-electron chi connectivity index (χ1n) is 7.69. The Morgan fingerprint density at radius 3 is 3.00 bits per heavy atom. The van der Waals surface area contributed by atoms with Crippen LogP contribution in [0.25, 0.3) is 0 Å². The number of phenols is 1. The molecule has 3 N–H and O–H groups in total. The Labute approximate surface area is 141 Å². The van der Waals surface area contributed by atoms with Crippen LogP contribution in [0.15, 0.2) is 24.4 Å². The van der Waals surface area contributed by atoms with Crippen molar-refractivity contribution in [2.24, 2.45) is 0 Å². The maximum atomic E-state index is 12.6. The van der Waals surface area contributed by atoms with Crippen LogP contribution in [-0.2, 0) is 11.2 Å². The highest BCUT2D eigenvalue weighted by molar-refractivity contribution is 5.97. The molecule has 1 aromatic heterocycles. The number of carbonyl (C=O) groups is 1. The molecule has 0 aliphatic heterocycles. The molecule has 0 saturated carbocycles. The number of alkyl halides is 3. The first-order chi connectivity index (χ1) is 11.8. The van der Waals surface area contributed by atoms with E-state index in [1.54, 1.807) is 12.1 Å². The van der Waals surface area contributed by atoms with Gasteiger partial charge < -0.3 is 15.2 Å². The van der Waals surface area contributed by atoms with Gasteiger partial charge in [0, 0.05) is 0 Å². The standard InChI is InChI=1S/C16H16F3N3O3/c17-16(18,19)8-25-15-13(7-20-22-15)21-14(24)12-3-1-2-9-6-10(23)4-5-11(9)12/h4-7,12,23H,1-3,8H2,(H,20,22)(H,21,24). The average Bonchev–Trinajstić information content (AvgIpc) is 2.98. The van der Waals surface area contributed by atoms with E-state index in [9.17, 15) is 23.1 Å². The number of rotatable bonds is 4. The van der Waals surface area contributed by atoms with Crippen molar-refractivity contribution in [3.05, 3.63) is 35.5 Å². The lowest BCUT2D eigenvalue weighted by molar-refractivity contribution is -0.153. The van der Waals surface area contributed by atoms with E-state index in [-0.39, 0.29) is 23.2 Å². The van der Waals surface area contributed by atoms with Gasteiger partial charge >= 0.3 is 6.18 Å². The Morgan fingerprint density at radius 1 is 1.44 bits per heavy atom. The number of amides is 1. The number of fused-ring (bicyclic) bond motifs is 1. The molecule has 2 aromatic rings. The second-order valence-electron chi connectivity index (χ2n) is 5.83. The van der Waals surface area contributed by atoms with Crippen LogP contribution in [0, 0.1) is 0 Å². The Morgan fingerprint density at radius 2 is 2.24 bits per heavy atom. The molecular formula is C16H16F3N3O3. The molecule has 1 unspecified atom stereocenters. The zero-order valence-electron chi connectivity index (χ0n) is 13.1. The van der Waals surface area contributed by atoms with Gasteiger partial charge in [-0.15, -0.1) is 0 Å². The molecule has 9 heteroatoms. The maximum absolute atomic E-state index is 12.6. The van der Waals surface area contributed by atoms with E-state index in [0.717, 1.165) is 24.0 Å². The summed E-state index contributed by atoms with van der Waals surface area (Å²) in [7, 11) is 0. The number of carbonyl (C=O) groups excluding carboxylic acids is 1. The van der Waals surface area contributed by atoms with E-state index in [1.807, 2.05) is 0 Å². The highest BCUT2D eigenvalue weighted by atomic mass is 19.4. The third-order valence-electron chi connectivity index (χ3n) is 4.00. The van der Waals surface area contributed by atoms with Crippen LogP contribution in [0.2, 0.25) is 0 Å². The molecule has 0 spiro atoms. The van der Waals surface area contributed by atoms with E-state index >= 15 is 0 Å². The van der Waals surface area contributed by atoms with Crippen molar-refractivity contribution < 1.29 is 27.8 Å². The fourth-order valence-corrected chi connectivity index (χ4v) is 2.92. The number of ether oxygens (including phenoxy) is 1. The summed E-state index contributed by atoms with van der Waals surface area (Å²) in [5, 5.41) is 18.0. The van der Waals surface area contributed by atoms with Crippen LogP contribution in [-0.4, -0.2) is 34.0 Å². The minimum Gasteiger partial charge on any atom is -0.508 e. The molecule has 1 heterocycles. The SMILES string of the molecule is O=C(Nc1cn[nH]c1OCC(F)(F)F)C1CCCc2cc(O)ccc21. The molecule has 6 nitrogen and oxygen atoms in total. The predicted molar refractivity (Wildman–Crippen MR) is 82.6 cm³/mol. The Bertz CT molecular complexity index is 773. The summed E-state index contributed by atoms with van der Waals surface area (Å²) in [6.07, 6.45) is -1.14. The molecule has 134 valence electrons. The lowest BCUT2D eigenvalue weighted by atomic mass is 9.82. The summed E-state index contributed by atoms with van der Waals surface area (Å²) >= 11 is 0. The quantitative estimate of drug-likeness (QED) is 0.786. The number of hydrogen-bond donors (Lipinski definition) is 3. The van der Waals surface area contributed by atoms with E-state index in [2.05, 4.69) is 20.3 Å². The molecule has 1 amide bonds. The van der Waals surface area contributed by atoms with Gasteiger partial charge in [-0.05, 0) is 42.5 Å². The summed E-state index contributed by atoms with van der Waals surface area (Å²) < 4.78 is 41.4. The second-order valence-corrected chi connectivity index (χ2v) is 5.83. The van der Waals surface area contributed by atoms with Crippen molar-refractivity contribution in [1.82, 2.24) is 10.2 Å². The number of nitrogens with one attached hydrogen (secondary N) is 2. The normalized spacial score (nSPS) is 17.0. The van der Waals surface area contributed by atoms with Crippen LogP contribution in [0.1, 0.15) is 29.9 Å². The van der Waals surface area contributed by atoms with Gasteiger partial charge in [0.25, 0.3) is 0 Å². The molecule has 1 aromatic carbocycles. The van der Waals surface area contributed by atoms with E-state index in [4.69, 9.17) is 0 Å². The van der Waals surface area contributed by atoms with Crippen molar-refractivity contribution in [3.63, 3.8) is 0 Å². The van der Waals surface area contributed by atoms with Gasteiger partial charge in [0.15, 0.2) is 6.61 Å². The first-order valence-corrected chi connectivity index (χ1v) is 7.69. The van der Waals surface area contributed by atoms with Gasteiger partial charge in [0.1, 0.15) is 11.4 Å². The number of aromatic hydroxyl groups is 1. The third-order valence-corrected chi connectivity index (χ3v) is 4.00. The van der Waals surface area contributed by atoms with Crippen LogP contribution in [0.3, 0.4) is 0 Å². The zero-order valence-corrected chi connectivity index (χ0v) is 13.1. The molecule has 0 bridgehead atoms. The molecule has 25 heavy (non-hydrogen) atoms. The highest BCUT2D eigenvalue weighted by Crippen LogP contribution is 2.35. The van der Waals surface area contributed by atoms with Crippen LogP contribution >= 0.6 is 0 Å². The number of benzene rings is 1. The number of aromatic nitrogens is 2. The van der Waals surface area contributed by atoms with Gasteiger partial charge in [-0.25, -0.2) is 5.10 Å². The van der Waals surface area contributed by atoms with Crippen molar-refractivity contribution in [1.29, 1.82) is 0 Å². The van der Waals surface area contributed by atoms with Gasteiger partial charge in [0.05, 0.1) is 12.1 Å². The topological polar surface area (TPSA) is 87.2 Å². The molecule has 0 radical (unpaired) electrons. The number of halogens is 3. The van der Waals surface area contributed by atoms with Crippen molar-refractivity contribution >= 4 is 11.6 Å². The number of phenolic OH excluding ortho intramolecular Hbond substituents is 1. The zero-order chi connectivity index (χ0) is 18.0. The molecular weight excluding hydrogens is 339 g/mol. The lowest BCUT2D eigenvalue weighted by Gasteiger charge is -2.24. The van der Waals surface area contributed by atoms with Gasteiger partial charge in [-0.1, -0.05) is 6.07 Å². The number of nitrogens with zero attached hydrogens (tertiary/aromatic N) is 1. The largest absolute Gasteiger partial charge is 0.508 e. The number of aryl methyl sites for hydroxylation is 1. The Kier molecular flexibility index (Phi) is 4.56. The highest BCUT2D eigenvalue weighted by Gasteiger charge is 2.30. The lowest BCUT2D eigenvalue weighted by Crippen LogP contribution is -2.25. The maximum Gasteiger partial charge on any atom is 0.422 e. The van der Waals surface area contributed by atoms with Gasteiger partial charge in [0.2, 0.25) is 11.8 Å². The summed E-state index contributed by atoms with van der Waals surface area (Å²) in [6, 6.07) is 4.84. The molecule has 1 aliphatic carbocycles. The van der Waals surface area contributed by atoms with E-state index in [1.165, 1.54) is 12.3 Å². The molecule has 1 atom stereocenters. The molecule has 0 fully saturated rings. The van der Waals surface area contributed by atoms with Crippen molar-refractivity contribution in [3.8, 4) is 11.6 Å². The molecule has 3 rings (SSSR count).